The maximum atomic E-state index is 12.3. The minimum Gasteiger partial charge on any atom is -0.485 e. The van der Waals surface area contributed by atoms with Crippen molar-refractivity contribution in [3.63, 3.8) is 0 Å². The predicted octanol–water partition coefficient (Wildman–Crippen LogP) is 2.74. The van der Waals surface area contributed by atoms with Crippen molar-refractivity contribution in [2.75, 3.05) is 19.0 Å². The molecule has 0 saturated heterocycles. The number of halogens is 1. The van der Waals surface area contributed by atoms with Gasteiger partial charge in [0.25, 0.3) is 5.91 Å². The van der Waals surface area contributed by atoms with Crippen molar-refractivity contribution in [1.29, 1.82) is 0 Å². The fourth-order valence-electron chi connectivity index (χ4n) is 3.02. The third-order valence-electron chi connectivity index (χ3n) is 4.39. The highest BCUT2D eigenvalue weighted by Gasteiger charge is 2.35. The highest BCUT2D eigenvalue weighted by molar-refractivity contribution is 6.18. The minimum atomic E-state index is -0.589. The van der Waals surface area contributed by atoms with Crippen LogP contribution in [0.15, 0.2) is 24.3 Å². The molecule has 4 nitrogen and oxygen atoms in total. The Morgan fingerprint density at radius 1 is 1.29 bits per heavy atom. The van der Waals surface area contributed by atoms with E-state index in [1.165, 1.54) is 12.8 Å². The SMILES string of the molecule is O=C(NCC1(CCl)CCCC1)C1COc2ccccc2O1. The summed E-state index contributed by atoms with van der Waals surface area (Å²) < 4.78 is 11.3. The first-order valence-electron chi connectivity index (χ1n) is 7.45. The fraction of sp³-hybridized carbons (Fsp3) is 0.562. The van der Waals surface area contributed by atoms with E-state index in [2.05, 4.69) is 5.32 Å². The van der Waals surface area contributed by atoms with Crippen molar-refractivity contribution in [2.24, 2.45) is 5.41 Å². The Morgan fingerprint density at radius 3 is 2.71 bits per heavy atom. The molecule has 1 aromatic carbocycles. The van der Waals surface area contributed by atoms with Crippen LogP contribution in [-0.2, 0) is 4.79 Å². The van der Waals surface area contributed by atoms with Gasteiger partial charge in [-0.05, 0) is 25.0 Å². The van der Waals surface area contributed by atoms with E-state index in [0.29, 0.717) is 23.9 Å². The molecule has 0 aromatic heterocycles. The van der Waals surface area contributed by atoms with Crippen LogP contribution in [0.2, 0.25) is 0 Å². The van der Waals surface area contributed by atoms with Gasteiger partial charge in [0, 0.05) is 17.8 Å². The zero-order valence-electron chi connectivity index (χ0n) is 11.9. The van der Waals surface area contributed by atoms with Crippen molar-refractivity contribution in [3.8, 4) is 11.5 Å². The first-order chi connectivity index (χ1) is 10.2. The Hall–Kier alpha value is -1.42. The molecule has 1 saturated carbocycles. The third kappa shape index (κ3) is 3.10. The molecular weight excluding hydrogens is 290 g/mol. The average molecular weight is 310 g/mol. The molecule has 0 bridgehead atoms. The lowest BCUT2D eigenvalue weighted by atomic mass is 9.88. The zero-order chi connectivity index (χ0) is 14.7. The molecule has 1 amide bonds. The number of nitrogens with one attached hydrogen (secondary N) is 1. The summed E-state index contributed by atoms with van der Waals surface area (Å²) in [5, 5.41) is 2.99. The van der Waals surface area contributed by atoms with E-state index in [0.717, 1.165) is 12.8 Å². The zero-order valence-corrected chi connectivity index (χ0v) is 12.7. The highest BCUT2D eigenvalue weighted by atomic mass is 35.5. The van der Waals surface area contributed by atoms with Crippen LogP contribution in [0.1, 0.15) is 25.7 Å². The van der Waals surface area contributed by atoms with Gasteiger partial charge in [0.1, 0.15) is 6.61 Å². The van der Waals surface area contributed by atoms with Gasteiger partial charge in [0.05, 0.1) is 0 Å². The normalized spacial score (nSPS) is 22.8. The van der Waals surface area contributed by atoms with Crippen LogP contribution in [-0.4, -0.2) is 31.0 Å². The van der Waals surface area contributed by atoms with E-state index in [-0.39, 0.29) is 17.9 Å². The maximum absolute atomic E-state index is 12.3. The van der Waals surface area contributed by atoms with Crippen LogP contribution in [0, 0.1) is 5.41 Å². The molecule has 5 heteroatoms. The largest absolute Gasteiger partial charge is 0.485 e. The summed E-state index contributed by atoms with van der Waals surface area (Å²) in [6, 6.07) is 7.40. The van der Waals surface area contributed by atoms with Crippen molar-refractivity contribution in [2.45, 2.75) is 31.8 Å². The lowest BCUT2D eigenvalue weighted by molar-refractivity contribution is -0.130. The van der Waals surface area contributed by atoms with Crippen molar-refractivity contribution >= 4 is 17.5 Å². The number of carbonyl (C=O) groups excluding carboxylic acids is 1. The molecule has 1 N–H and O–H groups in total. The molecule has 21 heavy (non-hydrogen) atoms. The van der Waals surface area contributed by atoms with Gasteiger partial charge in [0.2, 0.25) is 6.10 Å². The molecule has 0 spiro atoms. The van der Waals surface area contributed by atoms with Gasteiger partial charge in [-0.2, -0.15) is 0 Å². The molecule has 1 aliphatic carbocycles. The molecule has 1 aliphatic heterocycles. The summed E-state index contributed by atoms with van der Waals surface area (Å²) in [6.07, 6.45) is 3.97. The molecule has 2 aliphatic rings. The Bertz CT molecular complexity index is 514. The van der Waals surface area contributed by atoms with Gasteiger partial charge in [-0.25, -0.2) is 0 Å². The standard InChI is InChI=1S/C16H20ClNO3/c17-10-16(7-3-4-8-16)11-18-15(19)14-9-20-12-5-1-2-6-13(12)21-14/h1-2,5-6,14H,3-4,7-11H2,(H,18,19). The number of hydrogen-bond donors (Lipinski definition) is 1. The van der Waals surface area contributed by atoms with E-state index < -0.39 is 6.10 Å². The molecular formula is C16H20ClNO3. The third-order valence-corrected chi connectivity index (χ3v) is 4.95. The van der Waals surface area contributed by atoms with Gasteiger partial charge in [-0.1, -0.05) is 25.0 Å². The number of carbonyl (C=O) groups is 1. The Morgan fingerprint density at radius 2 is 2.00 bits per heavy atom. The number of para-hydroxylation sites is 2. The first-order valence-corrected chi connectivity index (χ1v) is 7.98. The van der Waals surface area contributed by atoms with Gasteiger partial charge in [0.15, 0.2) is 11.5 Å². The first kappa shape index (κ1) is 14.5. The van der Waals surface area contributed by atoms with Crippen LogP contribution < -0.4 is 14.8 Å². The summed E-state index contributed by atoms with van der Waals surface area (Å²) in [6.45, 7) is 0.869. The van der Waals surface area contributed by atoms with Crippen LogP contribution in [0.3, 0.4) is 0 Å². The molecule has 1 unspecified atom stereocenters. The van der Waals surface area contributed by atoms with Crippen molar-refractivity contribution < 1.29 is 14.3 Å². The second-order valence-corrected chi connectivity index (χ2v) is 6.19. The quantitative estimate of drug-likeness (QED) is 0.870. The van der Waals surface area contributed by atoms with Crippen LogP contribution in [0.4, 0.5) is 0 Å². The molecule has 1 aromatic rings. The number of alkyl halides is 1. The summed E-state index contributed by atoms with van der Waals surface area (Å²) >= 11 is 6.09. The van der Waals surface area contributed by atoms with E-state index >= 15 is 0 Å². The van der Waals surface area contributed by atoms with Crippen molar-refractivity contribution in [3.05, 3.63) is 24.3 Å². The average Bonchev–Trinajstić information content (AvgIpc) is 3.01. The summed E-state index contributed by atoms with van der Waals surface area (Å²) in [7, 11) is 0. The smallest absolute Gasteiger partial charge is 0.264 e. The van der Waals surface area contributed by atoms with Crippen molar-refractivity contribution in [1.82, 2.24) is 5.32 Å². The topological polar surface area (TPSA) is 47.6 Å². The van der Waals surface area contributed by atoms with E-state index in [4.69, 9.17) is 21.1 Å². The van der Waals surface area contributed by atoms with Gasteiger partial charge in [-0.3, -0.25) is 4.79 Å². The number of amides is 1. The van der Waals surface area contributed by atoms with Crippen LogP contribution >= 0.6 is 11.6 Å². The van der Waals surface area contributed by atoms with E-state index in [1.54, 1.807) is 0 Å². The monoisotopic (exact) mass is 309 g/mol. The highest BCUT2D eigenvalue weighted by Crippen LogP contribution is 2.38. The van der Waals surface area contributed by atoms with Gasteiger partial charge < -0.3 is 14.8 Å². The van der Waals surface area contributed by atoms with E-state index in [9.17, 15) is 4.79 Å². The predicted molar refractivity (Wildman–Crippen MR) is 81.0 cm³/mol. The second kappa shape index (κ2) is 6.14. The lowest BCUT2D eigenvalue weighted by Gasteiger charge is -2.29. The Balaban J connectivity index is 1.57. The number of ether oxygens (including phenoxy) is 2. The minimum absolute atomic E-state index is 0.0602. The Labute approximate surface area is 129 Å². The van der Waals surface area contributed by atoms with E-state index in [1.807, 2.05) is 24.3 Å². The summed E-state index contributed by atoms with van der Waals surface area (Å²) in [4.78, 5) is 12.3. The number of hydrogen-bond acceptors (Lipinski definition) is 3. The fourth-order valence-corrected chi connectivity index (χ4v) is 3.38. The summed E-state index contributed by atoms with van der Waals surface area (Å²) in [5.41, 5.74) is 0.0602. The van der Waals surface area contributed by atoms with Gasteiger partial charge in [-0.15, -0.1) is 11.6 Å². The van der Waals surface area contributed by atoms with Crippen LogP contribution in [0.25, 0.3) is 0 Å². The Kier molecular flexibility index (Phi) is 4.24. The summed E-state index contributed by atoms with van der Waals surface area (Å²) in [5.74, 6) is 1.78. The molecule has 1 atom stereocenters. The maximum Gasteiger partial charge on any atom is 0.264 e. The molecule has 1 heterocycles. The number of fused-ring (bicyclic) bond motifs is 1. The molecule has 3 rings (SSSR count). The number of rotatable bonds is 4. The number of benzene rings is 1. The second-order valence-electron chi connectivity index (χ2n) is 5.92. The van der Waals surface area contributed by atoms with Gasteiger partial charge >= 0.3 is 0 Å². The molecule has 0 radical (unpaired) electrons. The molecule has 114 valence electrons. The molecule has 1 fully saturated rings. The van der Waals surface area contributed by atoms with Crippen LogP contribution in [0.5, 0.6) is 11.5 Å². The lowest BCUT2D eigenvalue weighted by Crippen LogP contribution is -2.47.